The molecule has 0 bridgehead atoms. The van der Waals surface area contributed by atoms with E-state index in [1.165, 1.54) is 31.2 Å². The minimum absolute atomic E-state index is 0.0360. The fourth-order valence-electron chi connectivity index (χ4n) is 4.67. The Morgan fingerprint density at radius 1 is 1.10 bits per heavy atom. The molecule has 39 heavy (non-hydrogen) atoms. The second-order valence-corrected chi connectivity index (χ2v) is 10.1. The van der Waals surface area contributed by atoms with Crippen LogP contribution in [0.2, 0.25) is 0 Å². The van der Waals surface area contributed by atoms with Crippen LogP contribution in [0.4, 0.5) is 4.39 Å². The molecule has 1 aromatic heterocycles. The summed E-state index contributed by atoms with van der Waals surface area (Å²) in [6, 6.07) is 11.5. The van der Waals surface area contributed by atoms with Crippen LogP contribution in [0.3, 0.4) is 0 Å². The van der Waals surface area contributed by atoms with Gasteiger partial charge in [-0.2, -0.15) is 5.10 Å². The molecule has 0 saturated carbocycles. The molecular weight excluding hydrogens is 503 g/mol. The number of amides is 1. The lowest BCUT2D eigenvalue weighted by molar-refractivity contribution is -0.132. The topological polar surface area (TPSA) is 89.3 Å². The summed E-state index contributed by atoms with van der Waals surface area (Å²) in [5, 5.41) is 15.8. The van der Waals surface area contributed by atoms with E-state index in [1.807, 2.05) is 42.2 Å². The zero-order valence-corrected chi connectivity index (χ0v) is 22.8. The van der Waals surface area contributed by atoms with Gasteiger partial charge in [-0.3, -0.25) is 14.4 Å². The zero-order valence-electron chi connectivity index (χ0n) is 22.8. The Kier molecular flexibility index (Phi) is 9.42. The maximum absolute atomic E-state index is 13.3. The molecule has 0 spiro atoms. The van der Waals surface area contributed by atoms with Gasteiger partial charge in [0.15, 0.2) is 11.5 Å². The van der Waals surface area contributed by atoms with E-state index >= 15 is 0 Å². The monoisotopic (exact) mass is 540 g/mol. The molecule has 4 rings (SSSR count). The Hall–Kier alpha value is -3.63. The van der Waals surface area contributed by atoms with Gasteiger partial charge in [-0.05, 0) is 54.4 Å². The molecule has 2 heterocycles. The normalized spacial score (nSPS) is 18.0. The molecule has 1 aliphatic rings. The average Bonchev–Trinajstić information content (AvgIpc) is 3.25. The lowest BCUT2D eigenvalue weighted by Crippen LogP contribution is -2.51. The van der Waals surface area contributed by atoms with Crippen LogP contribution in [-0.2, 0) is 17.9 Å². The number of methoxy groups -OCH3 is 1. The fourth-order valence-corrected chi connectivity index (χ4v) is 4.67. The third kappa shape index (κ3) is 8.18. The van der Waals surface area contributed by atoms with Gasteiger partial charge in [0.25, 0.3) is 0 Å². The highest BCUT2D eigenvalue weighted by molar-refractivity contribution is 5.73. The third-order valence-corrected chi connectivity index (χ3v) is 6.64. The molecule has 1 amide bonds. The molecule has 210 valence electrons. The SMILES string of the molecule is COc1ccc(CN2CCN(C(C)=O)CC(O)(COc3ccc(F)cc3)C2)cc1OCCCn1cc(C)cn1. The number of aromatic nitrogens is 2. The summed E-state index contributed by atoms with van der Waals surface area (Å²) in [6.07, 6.45) is 4.63. The molecule has 1 atom stereocenters. The molecule has 1 unspecified atom stereocenters. The Morgan fingerprint density at radius 3 is 2.59 bits per heavy atom. The van der Waals surface area contributed by atoms with E-state index in [4.69, 9.17) is 14.2 Å². The first-order valence-corrected chi connectivity index (χ1v) is 13.1. The molecule has 1 N–H and O–H groups in total. The van der Waals surface area contributed by atoms with Gasteiger partial charge in [0.2, 0.25) is 5.91 Å². The lowest BCUT2D eigenvalue weighted by Gasteiger charge is -2.32. The number of carbonyl (C=O) groups is 1. The van der Waals surface area contributed by atoms with Crippen LogP contribution in [-0.4, -0.2) is 82.7 Å². The number of halogens is 1. The zero-order chi connectivity index (χ0) is 27.8. The van der Waals surface area contributed by atoms with Crippen molar-refractivity contribution in [1.29, 1.82) is 0 Å². The molecule has 1 saturated heterocycles. The summed E-state index contributed by atoms with van der Waals surface area (Å²) in [7, 11) is 1.61. The van der Waals surface area contributed by atoms with Crippen LogP contribution in [0.15, 0.2) is 54.9 Å². The van der Waals surface area contributed by atoms with E-state index < -0.39 is 5.60 Å². The lowest BCUT2D eigenvalue weighted by atomic mass is 10.0. The van der Waals surface area contributed by atoms with Crippen molar-refractivity contribution in [1.82, 2.24) is 19.6 Å². The molecule has 0 aliphatic carbocycles. The van der Waals surface area contributed by atoms with Crippen LogP contribution in [0, 0.1) is 12.7 Å². The summed E-state index contributed by atoms with van der Waals surface area (Å²) in [5.74, 6) is 1.29. The van der Waals surface area contributed by atoms with Gasteiger partial charge in [-0.1, -0.05) is 6.07 Å². The number of aliphatic hydroxyl groups is 1. The summed E-state index contributed by atoms with van der Waals surface area (Å²) < 4.78 is 32.5. The van der Waals surface area contributed by atoms with Crippen LogP contribution < -0.4 is 14.2 Å². The smallest absolute Gasteiger partial charge is 0.219 e. The summed E-state index contributed by atoms with van der Waals surface area (Å²) in [4.78, 5) is 16.0. The van der Waals surface area contributed by atoms with Crippen molar-refractivity contribution in [3.05, 3.63) is 71.8 Å². The minimum Gasteiger partial charge on any atom is -0.493 e. The number of nitrogens with zero attached hydrogens (tertiary/aromatic N) is 4. The number of hydrogen-bond donors (Lipinski definition) is 1. The first-order valence-electron chi connectivity index (χ1n) is 13.1. The number of hydrogen-bond acceptors (Lipinski definition) is 7. The van der Waals surface area contributed by atoms with Crippen molar-refractivity contribution < 1.29 is 28.5 Å². The molecule has 9 nitrogen and oxygen atoms in total. The molecular formula is C29H37FN4O5. The number of benzene rings is 2. The van der Waals surface area contributed by atoms with Crippen LogP contribution in [0.1, 0.15) is 24.5 Å². The Labute approximate surface area is 228 Å². The highest BCUT2D eigenvalue weighted by Crippen LogP contribution is 2.29. The number of rotatable bonds is 11. The van der Waals surface area contributed by atoms with Gasteiger partial charge in [0.1, 0.15) is 23.8 Å². The maximum Gasteiger partial charge on any atom is 0.219 e. The van der Waals surface area contributed by atoms with E-state index in [0.29, 0.717) is 50.0 Å². The molecule has 1 aliphatic heterocycles. The van der Waals surface area contributed by atoms with Crippen molar-refractivity contribution in [2.75, 3.05) is 46.5 Å². The average molecular weight is 541 g/mol. The predicted molar refractivity (Wildman–Crippen MR) is 144 cm³/mol. The van der Waals surface area contributed by atoms with E-state index in [2.05, 4.69) is 10.00 Å². The predicted octanol–water partition coefficient (Wildman–Crippen LogP) is 3.28. The number of ether oxygens (including phenoxy) is 3. The standard InChI is InChI=1S/C29H37FN4O5/c1-22-16-31-34(17-22)11-4-14-38-28-15-24(5-10-27(28)37-3)18-32-12-13-33(23(2)35)20-29(36,19-32)21-39-26-8-6-25(30)7-9-26/h5-10,15-17,36H,4,11-14,18-21H2,1-3H3. The maximum atomic E-state index is 13.3. The Morgan fingerprint density at radius 2 is 1.90 bits per heavy atom. The first-order chi connectivity index (χ1) is 18.7. The number of carbonyl (C=O) groups excluding carboxylic acids is 1. The third-order valence-electron chi connectivity index (χ3n) is 6.64. The Bertz CT molecular complexity index is 1230. The van der Waals surface area contributed by atoms with Gasteiger partial charge < -0.3 is 24.2 Å². The van der Waals surface area contributed by atoms with Crippen LogP contribution >= 0.6 is 0 Å². The Balaban J connectivity index is 1.41. The fraction of sp³-hybridized carbons (Fsp3) is 0.448. The van der Waals surface area contributed by atoms with Crippen molar-refractivity contribution in [2.24, 2.45) is 0 Å². The van der Waals surface area contributed by atoms with Crippen molar-refractivity contribution in [3.8, 4) is 17.2 Å². The number of aryl methyl sites for hydroxylation is 2. The van der Waals surface area contributed by atoms with E-state index in [0.717, 1.165) is 24.1 Å². The van der Waals surface area contributed by atoms with Gasteiger partial charge in [-0.25, -0.2) is 4.39 Å². The van der Waals surface area contributed by atoms with E-state index in [-0.39, 0.29) is 24.9 Å². The van der Waals surface area contributed by atoms with Crippen LogP contribution in [0.5, 0.6) is 17.2 Å². The van der Waals surface area contributed by atoms with Gasteiger partial charge >= 0.3 is 0 Å². The first kappa shape index (κ1) is 28.4. The van der Waals surface area contributed by atoms with Crippen LogP contribution in [0.25, 0.3) is 0 Å². The molecule has 3 aromatic rings. The summed E-state index contributed by atoms with van der Waals surface area (Å²) in [5.41, 5.74) is 0.804. The summed E-state index contributed by atoms with van der Waals surface area (Å²) in [6.45, 7) is 6.80. The second kappa shape index (κ2) is 12.9. The van der Waals surface area contributed by atoms with Crippen molar-refractivity contribution in [2.45, 2.75) is 39.0 Å². The highest BCUT2D eigenvalue weighted by atomic mass is 19.1. The van der Waals surface area contributed by atoms with E-state index in [9.17, 15) is 14.3 Å². The van der Waals surface area contributed by atoms with Gasteiger partial charge in [0, 0.05) is 52.3 Å². The highest BCUT2D eigenvalue weighted by Gasteiger charge is 2.37. The van der Waals surface area contributed by atoms with Gasteiger partial charge in [-0.15, -0.1) is 0 Å². The number of β-amino-alcohol motifs (C(OH)–C–C–N with tert-alkyl or cyclic N) is 1. The minimum atomic E-state index is -1.31. The largest absolute Gasteiger partial charge is 0.493 e. The van der Waals surface area contributed by atoms with Crippen molar-refractivity contribution in [3.63, 3.8) is 0 Å². The van der Waals surface area contributed by atoms with Gasteiger partial charge in [0.05, 0.1) is 26.5 Å². The molecule has 0 radical (unpaired) electrons. The second-order valence-electron chi connectivity index (χ2n) is 10.1. The molecule has 10 heteroatoms. The van der Waals surface area contributed by atoms with E-state index in [1.54, 1.807) is 12.0 Å². The quantitative estimate of drug-likeness (QED) is 0.374. The summed E-state index contributed by atoms with van der Waals surface area (Å²) >= 11 is 0. The molecule has 1 fully saturated rings. The molecule has 2 aromatic carbocycles. The van der Waals surface area contributed by atoms with Crippen molar-refractivity contribution >= 4 is 5.91 Å².